The highest BCUT2D eigenvalue weighted by molar-refractivity contribution is 6.62. The molecule has 0 saturated heterocycles. The van der Waals surface area contributed by atoms with Gasteiger partial charge in [0.15, 0.2) is 5.73 Å². The van der Waals surface area contributed by atoms with Crippen LogP contribution in [0.15, 0.2) is 0 Å². The summed E-state index contributed by atoms with van der Waals surface area (Å²) in [4.78, 5) is 10.5. The molecule has 0 spiro atoms. The third-order valence-corrected chi connectivity index (χ3v) is 4.47. The van der Waals surface area contributed by atoms with Crippen LogP contribution in [-0.4, -0.2) is 42.0 Å². The van der Waals surface area contributed by atoms with Crippen LogP contribution in [0, 0.1) is 0 Å². The number of primary amides is 1. The van der Waals surface area contributed by atoms with Crippen molar-refractivity contribution in [2.75, 3.05) is 21.3 Å². The Balaban J connectivity index is 4.43. The number of carbonyl (C=O) groups excluding carboxylic acids is 1. The van der Waals surface area contributed by atoms with Crippen LogP contribution in [0.4, 0.5) is 4.79 Å². The van der Waals surface area contributed by atoms with Crippen LogP contribution in [0.3, 0.4) is 0 Å². The first-order valence-corrected chi connectivity index (χ1v) is 5.44. The Morgan fingerprint density at radius 1 is 1.23 bits per heavy atom. The Morgan fingerprint density at radius 3 is 1.85 bits per heavy atom. The van der Waals surface area contributed by atoms with Crippen molar-refractivity contribution in [3.05, 3.63) is 0 Å². The number of carbonyl (C=O) groups is 1. The van der Waals surface area contributed by atoms with E-state index in [9.17, 15) is 4.79 Å². The Kier molecular flexibility index (Phi) is 4.92. The fourth-order valence-electron chi connectivity index (χ4n) is 0.994. The van der Waals surface area contributed by atoms with E-state index in [1.807, 2.05) is 0 Å². The monoisotopic (exact) mass is 209 g/mol. The van der Waals surface area contributed by atoms with Gasteiger partial charge in [-0.25, -0.2) is 4.79 Å². The molecule has 0 aromatic heterocycles. The van der Waals surface area contributed by atoms with Gasteiger partial charge < -0.3 is 23.7 Å². The van der Waals surface area contributed by atoms with Crippen molar-refractivity contribution in [3.63, 3.8) is 0 Å². The van der Waals surface area contributed by atoms with E-state index in [-0.39, 0.29) is 0 Å². The maximum Gasteiger partial charge on any atom is 0.543 e. The average molecular weight is 209 g/mol. The van der Waals surface area contributed by atoms with Gasteiger partial charge in [-0.2, -0.15) is 0 Å². The number of amides is 1. The minimum Gasteiger partial charge on any atom is -0.442 e. The summed E-state index contributed by atoms with van der Waals surface area (Å²) in [6.45, 7) is 1.60. The summed E-state index contributed by atoms with van der Waals surface area (Å²) in [5, 5.41) is 0. The van der Waals surface area contributed by atoms with E-state index >= 15 is 0 Å². The van der Waals surface area contributed by atoms with Gasteiger partial charge in [0.1, 0.15) is 0 Å². The fourth-order valence-corrected chi connectivity index (χ4v) is 2.75. The zero-order chi connectivity index (χ0) is 10.5. The number of nitrogens with two attached hydrogens (primary N) is 1. The highest BCUT2D eigenvalue weighted by atomic mass is 28.4. The molecule has 0 rings (SSSR count). The second-order valence-corrected chi connectivity index (χ2v) is 5.54. The van der Waals surface area contributed by atoms with Crippen molar-refractivity contribution < 1.29 is 22.8 Å². The largest absolute Gasteiger partial charge is 0.543 e. The minimum atomic E-state index is -2.91. The molecule has 0 aromatic rings. The molecule has 0 bridgehead atoms. The molecular formula is C6H15NO5Si. The van der Waals surface area contributed by atoms with Crippen molar-refractivity contribution >= 4 is 14.9 Å². The van der Waals surface area contributed by atoms with E-state index in [2.05, 4.69) is 0 Å². The van der Waals surface area contributed by atoms with Gasteiger partial charge in [0.05, 0.1) is 0 Å². The summed E-state index contributed by atoms with van der Waals surface area (Å²) < 4.78 is 19.9. The predicted octanol–water partition coefficient (Wildman–Crippen LogP) is -0.113. The van der Waals surface area contributed by atoms with Crippen molar-refractivity contribution in [1.29, 1.82) is 0 Å². The Labute approximate surface area is 78.3 Å². The highest BCUT2D eigenvalue weighted by Gasteiger charge is 2.47. The Hall–Kier alpha value is -0.633. The molecular weight excluding hydrogens is 194 g/mol. The molecule has 0 saturated carbocycles. The number of hydrogen-bond acceptors (Lipinski definition) is 5. The maximum atomic E-state index is 10.5. The third-order valence-electron chi connectivity index (χ3n) is 1.64. The van der Waals surface area contributed by atoms with Crippen molar-refractivity contribution in [1.82, 2.24) is 0 Å². The first-order valence-electron chi connectivity index (χ1n) is 3.64. The second kappa shape index (κ2) is 5.17. The van der Waals surface area contributed by atoms with Crippen LogP contribution in [0.25, 0.3) is 0 Å². The van der Waals surface area contributed by atoms with Gasteiger partial charge in [0.2, 0.25) is 0 Å². The van der Waals surface area contributed by atoms with E-state index in [4.69, 9.17) is 23.7 Å². The van der Waals surface area contributed by atoms with E-state index in [1.54, 1.807) is 6.92 Å². The zero-order valence-electron chi connectivity index (χ0n) is 8.20. The molecule has 1 amide bonds. The van der Waals surface area contributed by atoms with E-state index in [1.165, 1.54) is 21.3 Å². The summed E-state index contributed by atoms with van der Waals surface area (Å²) in [7, 11) is 1.39. The molecule has 2 N–H and O–H groups in total. The van der Waals surface area contributed by atoms with Crippen LogP contribution < -0.4 is 5.73 Å². The summed E-state index contributed by atoms with van der Waals surface area (Å²) in [6.07, 6.45) is -0.879. The zero-order valence-corrected chi connectivity index (χ0v) is 9.20. The topological polar surface area (TPSA) is 80.0 Å². The number of hydrogen-bond donors (Lipinski definition) is 1. The molecule has 1 atom stereocenters. The standard InChI is InChI=1S/C6H15NO5Si/c1-5(12-6(7)8)13(9-2,10-3)11-4/h5H,1-4H3,(H2,7,8). The van der Waals surface area contributed by atoms with E-state index < -0.39 is 20.6 Å². The molecule has 0 fully saturated rings. The van der Waals surface area contributed by atoms with Gasteiger partial charge in [0, 0.05) is 21.3 Å². The molecule has 0 aliphatic heterocycles. The first kappa shape index (κ1) is 12.4. The lowest BCUT2D eigenvalue weighted by molar-refractivity contribution is 0.0522. The van der Waals surface area contributed by atoms with Crippen LogP contribution in [0.5, 0.6) is 0 Å². The van der Waals surface area contributed by atoms with Gasteiger partial charge in [-0.15, -0.1) is 0 Å². The number of rotatable bonds is 5. The molecule has 0 radical (unpaired) electrons. The lowest BCUT2D eigenvalue weighted by Gasteiger charge is -2.28. The lowest BCUT2D eigenvalue weighted by atomic mass is 10.8. The van der Waals surface area contributed by atoms with Crippen molar-refractivity contribution in [2.45, 2.75) is 12.7 Å². The van der Waals surface area contributed by atoms with Gasteiger partial charge in [-0.1, -0.05) is 0 Å². The molecule has 0 heterocycles. The van der Waals surface area contributed by atoms with Crippen LogP contribution in [-0.2, 0) is 18.0 Å². The molecule has 7 heteroatoms. The molecule has 0 aromatic carbocycles. The summed E-state index contributed by atoms with van der Waals surface area (Å²) >= 11 is 0. The average Bonchev–Trinajstić information content (AvgIpc) is 2.07. The molecule has 1 unspecified atom stereocenters. The van der Waals surface area contributed by atoms with E-state index in [0.29, 0.717) is 0 Å². The summed E-state index contributed by atoms with van der Waals surface area (Å²) in [6, 6.07) is 0. The predicted molar refractivity (Wildman–Crippen MR) is 46.9 cm³/mol. The van der Waals surface area contributed by atoms with Crippen LogP contribution in [0.2, 0.25) is 0 Å². The van der Waals surface area contributed by atoms with Crippen LogP contribution in [0.1, 0.15) is 6.92 Å². The maximum absolute atomic E-state index is 10.5. The third kappa shape index (κ3) is 2.96. The van der Waals surface area contributed by atoms with Gasteiger partial charge in [-0.3, -0.25) is 0 Å². The SMILES string of the molecule is CO[Si](OC)(OC)C(C)OC(N)=O. The quantitative estimate of drug-likeness (QED) is 0.639. The Morgan fingerprint density at radius 2 is 1.62 bits per heavy atom. The normalized spacial score (nSPS) is 13.8. The smallest absolute Gasteiger partial charge is 0.442 e. The molecule has 0 aliphatic carbocycles. The number of ether oxygens (including phenoxy) is 1. The Bertz CT molecular complexity index is 164. The summed E-state index contributed by atoms with van der Waals surface area (Å²) in [5.74, 6) is 0. The second-order valence-electron chi connectivity index (χ2n) is 2.30. The minimum absolute atomic E-state index is 0.620. The molecule has 13 heavy (non-hydrogen) atoms. The van der Waals surface area contributed by atoms with Crippen molar-refractivity contribution in [2.24, 2.45) is 5.73 Å². The van der Waals surface area contributed by atoms with Crippen molar-refractivity contribution in [3.8, 4) is 0 Å². The van der Waals surface area contributed by atoms with Gasteiger partial charge >= 0.3 is 14.9 Å². The molecule has 6 nitrogen and oxygen atoms in total. The fraction of sp³-hybridized carbons (Fsp3) is 0.833. The molecule has 0 aliphatic rings. The van der Waals surface area contributed by atoms with Gasteiger partial charge in [-0.05, 0) is 6.92 Å². The van der Waals surface area contributed by atoms with E-state index in [0.717, 1.165) is 0 Å². The van der Waals surface area contributed by atoms with Crippen LogP contribution >= 0.6 is 0 Å². The first-order chi connectivity index (χ1) is 6.02. The lowest BCUT2D eigenvalue weighted by Crippen LogP contribution is -2.55. The summed E-state index contributed by atoms with van der Waals surface area (Å²) in [5.41, 5.74) is 4.23. The highest BCUT2D eigenvalue weighted by Crippen LogP contribution is 2.14. The molecule has 78 valence electrons. The van der Waals surface area contributed by atoms with Gasteiger partial charge in [0.25, 0.3) is 0 Å².